The summed E-state index contributed by atoms with van der Waals surface area (Å²) in [4.78, 5) is 2.24. The highest BCUT2D eigenvalue weighted by Crippen LogP contribution is 2.12. The van der Waals surface area contributed by atoms with Crippen LogP contribution in [0.5, 0.6) is 0 Å². The maximum absolute atomic E-state index is 3.61. The molecule has 1 rings (SSSR count). The molecule has 1 aromatic carbocycles. The smallest absolute Gasteiger partial charge is 0.0235 e. The Bertz CT molecular complexity index is 309. The van der Waals surface area contributed by atoms with Crippen LogP contribution in [0.4, 0.5) is 0 Å². The molecule has 1 aromatic rings. The quantitative estimate of drug-likeness (QED) is 0.833. The van der Waals surface area contributed by atoms with Gasteiger partial charge in [0.1, 0.15) is 0 Å². The lowest BCUT2D eigenvalue weighted by Crippen LogP contribution is -2.40. The van der Waals surface area contributed by atoms with Crippen LogP contribution < -0.4 is 5.32 Å². The fourth-order valence-corrected chi connectivity index (χ4v) is 2.16. The van der Waals surface area contributed by atoms with Crippen LogP contribution in [-0.4, -0.2) is 38.1 Å². The maximum Gasteiger partial charge on any atom is 0.0235 e. The normalized spacial score (nSPS) is 13.0. The molecule has 0 fully saturated rings. The first kappa shape index (κ1) is 14.7. The molecule has 1 unspecified atom stereocenters. The van der Waals surface area contributed by atoms with E-state index in [9.17, 15) is 0 Å². The summed E-state index contributed by atoms with van der Waals surface area (Å²) in [6, 6.07) is 9.15. The minimum absolute atomic E-state index is 0.533. The van der Waals surface area contributed by atoms with Gasteiger partial charge in [-0.3, -0.25) is 0 Å². The van der Waals surface area contributed by atoms with Crippen LogP contribution in [0.3, 0.4) is 0 Å². The average Bonchev–Trinajstić information content (AvgIpc) is 2.28. The van der Waals surface area contributed by atoms with Gasteiger partial charge in [0.2, 0.25) is 0 Å². The first-order chi connectivity index (χ1) is 8.11. The number of hydrogen-bond acceptors (Lipinski definition) is 2. The third-order valence-corrected chi connectivity index (χ3v) is 3.19. The van der Waals surface area contributed by atoms with Crippen LogP contribution in [0.2, 0.25) is 0 Å². The summed E-state index contributed by atoms with van der Waals surface area (Å²) < 4.78 is 1.15. The van der Waals surface area contributed by atoms with E-state index in [2.05, 4.69) is 71.4 Å². The standard InChI is InChI=1S/C14H23BrN2/c1-4-9-16-14(11-17(2)3)10-12-5-7-13(15)8-6-12/h5-8,14,16H,4,9-11H2,1-3H3. The van der Waals surface area contributed by atoms with Crippen molar-refractivity contribution in [2.24, 2.45) is 0 Å². The van der Waals surface area contributed by atoms with E-state index in [1.54, 1.807) is 0 Å². The molecule has 3 heteroatoms. The number of hydrogen-bond donors (Lipinski definition) is 1. The van der Waals surface area contributed by atoms with Gasteiger partial charge in [-0.25, -0.2) is 0 Å². The van der Waals surface area contributed by atoms with E-state index in [0.29, 0.717) is 6.04 Å². The third kappa shape index (κ3) is 6.20. The molecule has 17 heavy (non-hydrogen) atoms. The lowest BCUT2D eigenvalue weighted by molar-refractivity contribution is 0.336. The van der Waals surface area contributed by atoms with Crippen LogP contribution in [0.25, 0.3) is 0 Å². The van der Waals surface area contributed by atoms with Crippen molar-refractivity contribution in [2.75, 3.05) is 27.2 Å². The molecule has 0 aromatic heterocycles. The number of nitrogens with zero attached hydrogens (tertiary/aromatic N) is 1. The Morgan fingerprint density at radius 1 is 1.24 bits per heavy atom. The van der Waals surface area contributed by atoms with E-state index in [0.717, 1.165) is 24.0 Å². The van der Waals surface area contributed by atoms with Gasteiger partial charge >= 0.3 is 0 Å². The van der Waals surface area contributed by atoms with E-state index in [1.165, 1.54) is 12.0 Å². The van der Waals surface area contributed by atoms with E-state index >= 15 is 0 Å². The second-order valence-corrected chi connectivity index (χ2v) is 5.66. The van der Waals surface area contributed by atoms with Crippen LogP contribution in [-0.2, 0) is 6.42 Å². The highest BCUT2D eigenvalue weighted by atomic mass is 79.9. The zero-order chi connectivity index (χ0) is 12.7. The zero-order valence-electron chi connectivity index (χ0n) is 11.0. The lowest BCUT2D eigenvalue weighted by atomic mass is 10.1. The fraction of sp³-hybridized carbons (Fsp3) is 0.571. The van der Waals surface area contributed by atoms with Gasteiger partial charge < -0.3 is 10.2 Å². The van der Waals surface area contributed by atoms with E-state index in [1.807, 2.05) is 0 Å². The Hall–Kier alpha value is -0.380. The summed E-state index contributed by atoms with van der Waals surface area (Å²) >= 11 is 3.47. The van der Waals surface area contributed by atoms with Crippen molar-refractivity contribution in [2.45, 2.75) is 25.8 Å². The fourth-order valence-electron chi connectivity index (χ4n) is 1.90. The highest BCUT2D eigenvalue weighted by molar-refractivity contribution is 9.10. The lowest BCUT2D eigenvalue weighted by Gasteiger charge is -2.22. The zero-order valence-corrected chi connectivity index (χ0v) is 12.6. The van der Waals surface area contributed by atoms with Crippen LogP contribution in [0.15, 0.2) is 28.7 Å². The van der Waals surface area contributed by atoms with E-state index in [4.69, 9.17) is 0 Å². The SMILES string of the molecule is CCCNC(Cc1ccc(Br)cc1)CN(C)C. The Morgan fingerprint density at radius 2 is 1.88 bits per heavy atom. The van der Waals surface area contributed by atoms with Crippen molar-refractivity contribution in [1.82, 2.24) is 10.2 Å². The summed E-state index contributed by atoms with van der Waals surface area (Å²) in [5.74, 6) is 0. The Morgan fingerprint density at radius 3 is 2.41 bits per heavy atom. The molecule has 1 N–H and O–H groups in total. The monoisotopic (exact) mass is 298 g/mol. The Balaban J connectivity index is 2.54. The van der Waals surface area contributed by atoms with Gasteiger partial charge in [-0.05, 0) is 51.2 Å². The maximum atomic E-state index is 3.61. The van der Waals surface area contributed by atoms with Crippen molar-refractivity contribution in [3.05, 3.63) is 34.3 Å². The van der Waals surface area contributed by atoms with Crippen molar-refractivity contribution in [3.8, 4) is 0 Å². The van der Waals surface area contributed by atoms with Crippen LogP contribution >= 0.6 is 15.9 Å². The van der Waals surface area contributed by atoms with Gasteiger partial charge in [-0.2, -0.15) is 0 Å². The molecule has 0 aliphatic heterocycles. The first-order valence-corrected chi connectivity index (χ1v) is 7.03. The van der Waals surface area contributed by atoms with Gasteiger partial charge in [0.05, 0.1) is 0 Å². The minimum Gasteiger partial charge on any atom is -0.312 e. The summed E-state index contributed by atoms with van der Waals surface area (Å²) in [6.45, 7) is 4.38. The number of likely N-dealkylation sites (N-methyl/N-ethyl adjacent to an activating group) is 1. The molecule has 0 saturated carbocycles. The summed E-state index contributed by atoms with van der Waals surface area (Å²) in [7, 11) is 4.25. The summed E-state index contributed by atoms with van der Waals surface area (Å²) in [5.41, 5.74) is 1.39. The van der Waals surface area contributed by atoms with Gasteiger partial charge in [0.25, 0.3) is 0 Å². The number of nitrogens with one attached hydrogen (secondary N) is 1. The molecule has 0 spiro atoms. The van der Waals surface area contributed by atoms with Crippen LogP contribution in [0.1, 0.15) is 18.9 Å². The molecule has 96 valence electrons. The number of rotatable bonds is 7. The van der Waals surface area contributed by atoms with Gasteiger partial charge in [0, 0.05) is 17.1 Å². The van der Waals surface area contributed by atoms with Gasteiger partial charge in [-0.1, -0.05) is 35.0 Å². The summed E-state index contributed by atoms with van der Waals surface area (Å²) in [5, 5.41) is 3.61. The molecular weight excluding hydrogens is 276 g/mol. The number of halogens is 1. The van der Waals surface area contributed by atoms with Gasteiger partial charge in [0.15, 0.2) is 0 Å². The molecule has 2 nitrogen and oxygen atoms in total. The molecule has 0 bridgehead atoms. The average molecular weight is 299 g/mol. The van der Waals surface area contributed by atoms with Crippen molar-refractivity contribution in [3.63, 3.8) is 0 Å². The molecule has 0 aliphatic rings. The second-order valence-electron chi connectivity index (χ2n) is 4.74. The number of benzene rings is 1. The Kier molecular flexibility index (Phi) is 6.78. The van der Waals surface area contributed by atoms with E-state index in [-0.39, 0.29) is 0 Å². The summed E-state index contributed by atoms with van der Waals surface area (Å²) in [6.07, 6.45) is 2.27. The predicted molar refractivity (Wildman–Crippen MR) is 78.5 cm³/mol. The molecule has 0 radical (unpaired) electrons. The minimum atomic E-state index is 0.533. The second kappa shape index (κ2) is 7.85. The highest BCUT2D eigenvalue weighted by Gasteiger charge is 2.09. The van der Waals surface area contributed by atoms with Crippen molar-refractivity contribution < 1.29 is 0 Å². The van der Waals surface area contributed by atoms with Crippen LogP contribution in [0, 0.1) is 0 Å². The van der Waals surface area contributed by atoms with Crippen molar-refractivity contribution in [1.29, 1.82) is 0 Å². The topological polar surface area (TPSA) is 15.3 Å². The molecular formula is C14H23BrN2. The van der Waals surface area contributed by atoms with Crippen molar-refractivity contribution >= 4 is 15.9 Å². The molecule has 0 heterocycles. The predicted octanol–water partition coefficient (Wildman–Crippen LogP) is 2.92. The first-order valence-electron chi connectivity index (χ1n) is 6.24. The van der Waals surface area contributed by atoms with Gasteiger partial charge in [-0.15, -0.1) is 0 Å². The molecule has 1 atom stereocenters. The molecule has 0 amide bonds. The molecule has 0 aliphatic carbocycles. The van der Waals surface area contributed by atoms with E-state index < -0.39 is 0 Å². The molecule has 0 saturated heterocycles. The third-order valence-electron chi connectivity index (χ3n) is 2.66. The largest absolute Gasteiger partial charge is 0.312 e. The Labute approximate surface area is 114 Å².